The summed E-state index contributed by atoms with van der Waals surface area (Å²) < 4.78 is 5.68. The topological polar surface area (TPSA) is 38.5 Å². The molecule has 2 aliphatic rings. The van der Waals surface area contributed by atoms with Crippen molar-refractivity contribution >= 4 is 0 Å². The van der Waals surface area contributed by atoms with Gasteiger partial charge in [0.25, 0.3) is 0 Å². The highest BCUT2D eigenvalue weighted by atomic mass is 16.5. The molecule has 0 radical (unpaired) electrons. The van der Waals surface area contributed by atoms with E-state index in [0.29, 0.717) is 11.6 Å². The maximum atomic E-state index is 5.90. The number of nitrogens with zero attached hydrogens (tertiary/aromatic N) is 1. The summed E-state index contributed by atoms with van der Waals surface area (Å²) in [4.78, 5) is 2.58. The van der Waals surface area contributed by atoms with Crippen LogP contribution >= 0.6 is 0 Å². The van der Waals surface area contributed by atoms with Crippen LogP contribution < -0.4 is 5.73 Å². The molecule has 1 aliphatic heterocycles. The first-order valence-electron chi connectivity index (χ1n) is 5.87. The summed E-state index contributed by atoms with van der Waals surface area (Å²) in [6, 6.07) is 0. The SMILES string of the molecule is CCC1CN(C2(CN)CCC2)CCO1. The number of nitrogens with two attached hydrogens (primary N) is 1. The monoisotopic (exact) mass is 198 g/mol. The van der Waals surface area contributed by atoms with Crippen molar-refractivity contribution < 1.29 is 4.74 Å². The van der Waals surface area contributed by atoms with E-state index in [-0.39, 0.29) is 0 Å². The zero-order valence-corrected chi connectivity index (χ0v) is 9.17. The Hall–Kier alpha value is -0.120. The van der Waals surface area contributed by atoms with Gasteiger partial charge in [0.05, 0.1) is 12.7 Å². The molecule has 3 nitrogen and oxygen atoms in total. The lowest BCUT2D eigenvalue weighted by Gasteiger charge is -2.52. The number of hydrogen-bond donors (Lipinski definition) is 1. The molecule has 0 aromatic carbocycles. The number of morpholine rings is 1. The summed E-state index contributed by atoms with van der Waals surface area (Å²) >= 11 is 0. The molecule has 1 unspecified atom stereocenters. The van der Waals surface area contributed by atoms with Crippen LogP contribution in [0.15, 0.2) is 0 Å². The van der Waals surface area contributed by atoms with Crippen molar-refractivity contribution in [1.29, 1.82) is 0 Å². The van der Waals surface area contributed by atoms with Gasteiger partial charge in [0.1, 0.15) is 0 Å². The van der Waals surface area contributed by atoms with Crippen molar-refractivity contribution in [2.45, 2.75) is 44.2 Å². The van der Waals surface area contributed by atoms with E-state index in [1.54, 1.807) is 0 Å². The predicted octanol–water partition coefficient (Wildman–Crippen LogP) is 0.979. The third-order valence-electron chi connectivity index (χ3n) is 3.93. The van der Waals surface area contributed by atoms with Crippen LogP contribution in [-0.4, -0.2) is 42.8 Å². The van der Waals surface area contributed by atoms with Gasteiger partial charge < -0.3 is 10.5 Å². The number of rotatable bonds is 3. The Bertz CT molecular complexity index is 186. The summed E-state index contributed by atoms with van der Waals surface area (Å²) in [6.07, 6.45) is 5.50. The van der Waals surface area contributed by atoms with Crippen LogP contribution in [-0.2, 0) is 4.74 Å². The average molecular weight is 198 g/mol. The van der Waals surface area contributed by atoms with E-state index in [4.69, 9.17) is 10.5 Å². The highest BCUT2D eigenvalue weighted by Crippen LogP contribution is 2.37. The van der Waals surface area contributed by atoms with E-state index < -0.39 is 0 Å². The lowest BCUT2D eigenvalue weighted by Crippen LogP contribution is -2.62. The second-order valence-corrected chi connectivity index (χ2v) is 4.63. The highest BCUT2D eigenvalue weighted by Gasteiger charge is 2.42. The summed E-state index contributed by atoms with van der Waals surface area (Å²) in [5, 5.41) is 0. The molecule has 0 amide bonds. The predicted molar refractivity (Wildman–Crippen MR) is 57.2 cm³/mol. The maximum Gasteiger partial charge on any atom is 0.0700 e. The van der Waals surface area contributed by atoms with Crippen molar-refractivity contribution in [1.82, 2.24) is 4.90 Å². The molecule has 1 saturated carbocycles. The zero-order valence-electron chi connectivity index (χ0n) is 9.17. The molecule has 82 valence electrons. The fraction of sp³-hybridized carbons (Fsp3) is 1.00. The van der Waals surface area contributed by atoms with E-state index in [2.05, 4.69) is 11.8 Å². The Morgan fingerprint density at radius 1 is 1.50 bits per heavy atom. The molecule has 14 heavy (non-hydrogen) atoms. The van der Waals surface area contributed by atoms with Gasteiger partial charge >= 0.3 is 0 Å². The van der Waals surface area contributed by atoms with Crippen LogP contribution in [0, 0.1) is 0 Å². The number of ether oxygens (including phenoxy) is 1. The summed E-state index contributed by atoms with van der Waals surface area (Å²) in [5.41, 5.74) is 6.25. The average Bonchev–Trinajstić information content (AvgIpc) is 2.18. The van der Waals surface area contributed by atoms with Gasteiger partial charge in [-0.2, -0.15) is 0 Å². The fourth-order valence-corrected chi connectivity index (χ4v) is 2.63. The smallest absolute Gasteiger partial charge is 0.0700 e. The molecular formula is C11H22N2O. The Labute approximate surface area is 86.6 Å². The molecule has 3 heteroatoms. The third-order valence-corrected chi connectivity index (χ3v) is 3.93. The van der Waals surface area contributed by atoms with E-state index >= 15 is 0 Å². The van der Waals surface area contributed by atoms with Crippen molar-refractivity contribution in [3.63, 3.8) is 0 Å². The van der Waals surface area contributed by atoms with E-state index in [9.17, 15) is 0 Å². The Morgan fingerprint density at radius 2 is 2.29 bits per heavy atom. The zero-order chi connectivity index (χ0) is 10.0. The van der Waals surface area contributed by atoms with Gasteiger partial charge in [-0.15, -0.1) is 0 Å². The molecule has 2 rings (SSSR count). The molecule has 2 fully saturated rings. The van der Waals surface area contributed by atoms with Gasteiger partial charge in [-0.05, 0) is 25.7 Å². The van der Waals surface area contributed by atoms with Crippen molar-refractivity contribution in [3.05, 3.63) is 0 Å². The normalized spacial score (nSPS) is 32.6. The Morgan fingerprint density at radius 3 is 2.79 bits per heavy atom. The second kappa shape index (κ2) is 4.17. The molecule has 0 aromatic heterocycles. The Kier molecular flexibility index (Phi) is 3.10. The van der Waals surface area contributed by atoms with Crippen LogP contribution in [0.1, 0.15) is 32.6 Å². The lowest BCUT2D eigenvalue weighted by atomic mass is 9.75. The van der Waals surface area contributed by atoms with E-state index in [0.717, 1.165) is 32.7 Å². The van der Waals surface area contributed by atoms with Gasteiger partial charge in [0.2, 0.25) is 0 Å². The summed E-state index contributed by atoms with van der Waals surface area (Å²) in [5.74, 6) is 0. The summed E-state index contributed by atoms with van der Waals surface area (Å²) in [6.45, 7) is 6.08. The van der Waals surface area contributed by atoms with Crippen LogP contribution in [0.5, 0.6) is 0 Å². The van der Waals surface area contributed by atoms with Crippen molar-refractivity contribution in [2.75, 3.05) is 26.2 Å². The van der Waals surface area contributed by atoms with E-state index in [1.807, 2.05) is 0 Å². The minimum Gasteiger partial charge on any atom is -0.376 e. The minimum absolute atomic E-state index is 0.344. The molecule has 2 N–H and O–H groups in total. The first-order valence-corrected chi connectivity index (χ1v) is 5.87. The standard InChI is InChI=1S/C11H22N2O/c1-2-10-8-13(6-7-14-10)11(9-12)4-3-5-11/h10H,2-9,12H2,1H3. The minimum atomic E-state index is 0.344. The second-order valence-electron chi connectivity index (χ2n) is 4.63. The largest absolute Gasteiger partial charge is 0.376 e. The van der Waals surface area contributed by atoms with Crippen LogP contribution in [0.4, 0.5) is 0 Å². The quantitative estimate of drug-likeness (QED) is 0.734. The first kappa shape index (κ1) is 10.4. The van der Waals surface area contributed by atoms with Crippen molar-refractivity contribution in [2.24, 2.45) is 5.73 Å². The molecule has 1 aliphatic carbocycles. The van der Waals surface area contributed by atoms with Gasteiger partial charge in [-0.1, -0.05) is 6.92 Å². The lowest BCUT2D eigenvalue weighted by molar-refractivity contribution is -0.0903. The molecule has 0 bridgehead atoms. The van der Waals surface area contributed by atoms with Gasteiger partial charge in [0.15, 0.2) is 0 Å². The van der Waals surface area contributed by atoms with Crippen LogP contribution in [0.3, 0.4) is 0 Å². The molecule has 1 atom stereocenters. The molecule has 0 spiro atoms. The first-order chi connectivity index (χ1) is 6.80. The molecule has 1 saturated heterocycles. The van der Waals surface area contributed by atoms with Gasteiger partial charge in [-0.25, -0.2) is 0 Å². The molecule has 0 aromatic rings. The molecule has 1 heterocycles. The molecular weight excluding hydrogens is 176 g/mol. The third kappa shape index (κ3) is 1.69. The van der Waals surface area contributed by atoms with Crippen molar-refractivity contribution in [3.8, 4) is 0 Å². The van der Waals surface area contributed by atoms with Gasteiger partial charge in [0, 0.05) is 25.2 Å². The highest BCUT2D eigenvalue weighted by molar-refractivity contribution is 5.00. The maximum absolute atomic E-state index is 5.90. The van der Waals surface area contributed by atoms with Crippen LogP contribution in [0.2, 0.25) is 0 Å². The van der Waals surface area contributed by atoms with E-state index in [1.165, 1.54) is 19.3 Å². The van der Waals surface area contributed by atoms with Crippen LogP contribution in [0.25, 0.3) is 0 Å². The summed E-state index contributed by atoms with van der Waals surface area (Å²) in [7, 11) is 0. The van der Waals surface area contributed by atoms with Gasteiger partial charge in [-0.3, -0.25) is 4.90 Å². The number of hydrogen-bond acceptors (Lipinski definition) is 3. The Balaban J connectivity index is 1.95. The fourth-order valence-electron chi connectivity index (χ4n) is 2.63.